The van der Waals surface area contributed by atoms with Crippen LogP contribution in [0.4, 0.5) is 30.5 Å². The van der Waals surface area contributed by atoms with Crippen LogP contribution in [0.3, 0.4) is 0 Å². The molecule has 4 heterocycles. The zero-order chi connectivity index (χ0) is 31.9. The van der Waals surface area contributed by atoms with Crippen LogP contribution in [0.1, 0.15) is 38.2 Å². The molecule has 1 aliphatic heterocycles. The molecule has 1 aliphatic carbocycles. The fourth-order valence-electron chi connectivity index (χ4n) is 6.41. The third kappa shape index (κ3) is 6.49. The predicted octanol–water partition coefficient (Wildman–Crippen LogP) is 4.77. The number of piperidine rings is 1. The lowest BCUT2D eigenvalue weighted by molar-refractivity contribution is 0.00183. The summed E-state index contributed by atoms with van der Waals surface area (Å²) >= 11 is 0. The van der Waals surface area contributed by atoms with E-state index in [4.69, 9.17) is 10.5 Å². The minimum Gasteiger partial charge on any atom is -0.375 e. The summed E-state index contributed by atoms with van der Waals surface area (Å²) in [6.45, 7) is 3.13. The Morgan fingerprint density at radius 3 is 2.53 bits per heavy atom. The quantitative estimate of drug-likeness (QED) is 0.265. The van der Waals surface area contributed by atoms with Crippen LogP contribution in [0.25, 0.3) is 16.8 Å². The summed E-state index contributed by atoms with van der Waals surface area (Å²) in [5.74, 6) is -1.52. The fraction of sp³-hybridized carbons (Fsp3) is 0.452. The molecule has 6 rings (SSSR count). The van der Waals surface area contributed by atoms with Gasteiger partial charge in [-0.2, -0.15) is 9.61 Å². The van der Waals surface area contributed by atoms with Gasteiger partial charge in [-0.05, 0) is 61.6 Å². The number of rotatable bonds is 9. The topological polar surface area (TPSA) is 128 Å². The third-order valence-electron chi connectivity index (χ3n) is 8.67. The average molecular weight is 644 g/mol. The van der Waals surface area contributed by atoms with Crippen molar-refractivity contribution >= 4 is 32.7 Å². The highest BCUT2D eigenvalue weighted by Crippen LogP contribution is 2.44. The number of alkyl halides is 1. The lowest BCUT2D eigenvalue weighted by Gasteiger charge is -2.42. The van der Waals surface area contributed by atoms with Crippen molar-refractivity contribution in [1.82, 2.24) is 19.6 Å². The Kier molecular flexibility index (Phi) is 8.48. The van der Waals surface area contributed by atoms with Gasteiger partial charge in [0.05, 0.1) is 59.0 Å². The molecule has 1 saturated carbocycles. The van der Waals surface area contributed by atoms with E-state index in [1.165, 1.54) is 16.8 Å². The second-order valence-corrected chi connectivity index (χ2v) is 14.4. The largest absolute Gasteiger partial charge is 0.375 e. The van der Waals surface area contributed by atoms with E-state index in [0.29, 0.717) is 43.1 Å². The first-order chi connectivity index (χ1) is 21.4. The first-order valence-corrected chi connectivity index (χ1v) is 17.0. The SMILES string of the molecule is CC1CN(c2ccncc2Nc2ncc3ccc(-c4c(F)cc(C5(F)CCCC5)cc4F)nn23)CC(N)C1OCCS(C)(=O)=O. The number of imidazole rings is 1. The van der Waals surface area contributed by atoms with Crippen molar-refractivity contribution in [2.24, 2.45) is 11.7 Å². The number of nitrogens with two attached hydrogens (primary N) is 1. The molecule has 0 bridgehead atoms. The highest BCUT2D eigenvalue weighted by Gasteiger charge is 2.37. The number of sulfone groups is 1. The van der Waals surface area contributed by atoms with E-state index in [-0.39, 0.29) is 60.1 Å². The van der Waals surface area contributed by atoms with E-state index in [1.807, 2.05) is 13.0 Å². The molecule has 45 heavy (non-hydrogen) atoms. The fourth-order valence-corrected chi connectivity index (χ4v) is 6.81. The van der Waals surface area contributed by atoms with Gasteiger partial charge in [0.25, 0.3) is 0 Å². The maximum atomic E-state index is 15.3. The Morgan fingerprint density at radius 1 is 1.11 bits per heavy atom. The van der Waals surface area contributed by atoms with Crippen LogP contribution in [-0.4, -0.2) is 71.9 Å². The lowest BCUT2D eigenvalue weighted by atomic mass is 9.92. The summed E-state index contributed by atoms with van der Waals surface area (Å²) in [6.07, 6.45) is 7.61. The smallest absolute Gasteiger partial charge is 0.229 e. The van der Waals surface area contributed by atoms with Crippen molar-refractivity contribution in [3.63, 3.8) is 0 Å². The maximum Gasteiger partial charge on any atom is 0.229 e. The first kappa shape index (κ1) is 31.2. The van der Waals surface area contributed by atoms with Gasteiger partial charge < -0.3 is 20.7 Å². The molecule has 3 unspecified atom stereocenters. The number of aromatic nitrogens is 4. The van der Waals surface area contributed by atoms with Crippen molar-refractivity contribution in [2.45, 2.75) is 50.4 Å². The minimum atomic E-state index is -3.15. The molecule has 0 spiro atoms. The Morgan fingerprint density at radius 2 is 1.84 bits per heavy atom. The Hall–Kier alpha value is -3.75. The van der Waals surface area contributed by atoms with E-state index in [1.54, 1.807) is 24.7 Å². The van der Waals surface area contributed by atoms with Crippen LogP contribution in [0.5, 0.6) is 0 Å². The number of hydrogen-bond donors (Lipinski definition) is 2. The number of fused-ring (bicyclic) bond motifs is 1. The zero-order valence-electron chi connectivity index (χ0n) is 25.1. The van der Waals surface area contributed by atoms with Crippen LogP contribution in [0, 0.1) is 17.6 Å². The van der Waals surface area contributed by atoms with Crippen molar-refractivity contribution in [3.05, 3.63) is 66.1 Å². The van der Waals surface area contributed by atoms with Crippen LogP contribution < -0.4 is 16.0 Å². The zero-order valence-corrected chi connectivity index (χ0v) is 25.9. The number of nitrogens with one attached hydrogen (secondary N) is 1. The van der Waals surface area contributed by atoms with Gasteiger partial charge in [0.15, 0.2) is 0 Å². The average Bonchev–Trinajstić information content (AvgIpc) is 3.60. The molecule has 14 heteroatoms. The molecule has 2 fully saturated rings. The second kappa shape index (κ2) is 12.2. The maximum absolute atomic E-state index is 15.3. The second-order valence-electron chi connectivity index (χ2n) is 12.2. The number of halogens is 3. The summed E-state index contributed by atoms with van der Waals surface area (Å²) in [7, 11) is -3.15. The number of nitrogens with zero attached hydrogens (tertiary/aromatic N) is 5. The Balaban J connectivity index is 1.24. The highest BCUT2D eigenvalue weighted by atomic mass is 32.2. The van der Waals surface area contributed by atoms with Crippen LogP contribution in [0.15, 0.2) is 48.9 Å². The number of ether oxygens (including phenoxy) is 1. The van der Waals surface area contributed by atoms with Crippen LogP contribution in [-0.2, 0) is 20.2 Å². The predicted molar refractivity (Wildman–Crippen MR) is 166 cm³/mol. The molecule has 240 valence electrons. The van der Waals surface area contributed by atoms with Crippen molar-refractivity contribution in [3.8, 4) is 11.3 Å². The molecule has 1 saturated heterocycles. The van der Waals surface area contributed by atoms with E-state index < -0.39 is 27.1 Å². The lowest BCUT2D eigenvalue weighted by Crippen LogP contribution is -2.57. The van der Waals surface area contributed by atoms with Gasteiger partial charge in [0, 0.05) is 37.5 Å². The van der Waals surface area contributed by atoms with Crippen LogP contribution >= 0.6 is 0 Å². The van der Waals surface area contributed by atoms with Crippen molar-refractivity contribution in [2.75, 3.05) is 41.9 Å². The van der Waals surface area contributed by atoms with E-state index in [2.05, 4.69) is 25.3 Å². The Labute approximate surface area is 259 Å². The molecule has 10 nitrogen and oxygen atoms in total. The molecular weight excluding hydrogens is 607 g/mol. The number of pyridine rings is 1. The van der Waals surface area contributed by atoms with E-state index in [9.17, 15) is 8.42 Å². The molecule has 1 aromatic carbocycles. The van der Waals surface area contributed by atoms with E-state index >= 15 is 13.2 Å². The number of hydrogen-bond acceptors (Lipinski definition) is 9. The molecule has 0 radical (unpaired) electrons. The van der Waals surface area contributed by atoms with Gasteiger partial charge in [0.2, 0.25) is 5.95 Å². The van der Waals surface area contributed by atoms with Gasteiger partial charge in [0.1, 0.15) is 27.1 Å². The summed E-state index contributed by atoms with van der Waals surface area (Å²) in [5, 5.41) is 7.75. The normalized spacial score (nSPS) is 21.8. The molecule has 3 N–H and O–H groups in total. The molecular formula is C31H36F3N7O3S. The molecule has 0 amide bonds. The van der Waals surface area contributed by atoms with Gasteiger partial charge in [-0.1, -0.05) is 6.92 Å². The molecule has 3 aromatic heterocycles. The monoisotopic (exact) mass is 643 g/mol. The minimum absolute atomic E-state index is 0.00271. The standard InChI is InChI=1S/C31H36F3N7O3S/c1-19-17-40(18-24(35)29(19)44-11-12-45(2,42)43)27-7-10-36-16-26(27)38-30-37-15-21-5-6-25(39-41(21)30)28-22(32)13-20(14-23(28)33)31(34)8-3-4-9-31/h5-7,10,13-16,19,24,29H,3-4,8-9,11-12,17-18,35H2,1-2H3,(H,37,38). The summed E-state index contributed by atoms with van der Waals surface area (Å²) in [4.78, 5) is 10.8. The van der Waals surface area contributed by atoms with Gasteiger partial charge in [-0.25, -0.2) is 26.6 Å². The van der Waals surface area contributed by atoms with Gasteiger partial charge >= 0.3 is 0 Å². The molecule has 4 aromatic rings. The van der Waals surface area contributed by atoms with Crippen molar-refractivity contribution < 1.29 is 26.3 Å². The third-order valence-corrected chi connectivity index (χ3v) is 9.58. The number of benzene rings is 1. The van der Waals surface area contributed by atoms with E-state index in [0.717, 1.165) is 17.8 Å². The summed E-state index contributed by atoms with van der Waals surface area (Å²) in [6, 6.07) is 6.79. The Bertz CT molecular complexity index is 1780. The van der Waals surface area contributed by atoms with Gasteiger partial charge in [-0.15, -0.1) is 0 Å². The first-order valence-electron chi connectivity index (χ1n) is 15.0. The van der Waals surface area contributed by atoms with Crippen molar-refractivity contribution in [1.29, 1.82) is 0 Å². The molecule has 3 atom stereocenters. The summed E-state index contributed by atoms with van der Waals surface area (Å²) in [5.41, 5.74) is 6.49. The number of anilines is 3. The van der Waals surface area contributed by atoms with Gasteiger partial charge in [-0.3, -0.25) is 4.98 Å². The van der Waals surface area contributed by atoms with Crippen LogP contribution in [0.2, 0.25) is 0 Å². The highest BCUT2D eigenvalue weighted by molar-refractivity contribution is 7.90. The molecule has 2 aliphatic rings. The summed E-state index contributed by atoms with van der Waals surface area (Å²) < 4.78 is 76.3.